The maximum absolute atomic E-state index is 11.9. The number of hydrogen-bond acceptors (Lipinski definition) is 3. The molecule has 0 aliphatic heterocycles. The molecule has 2 N–H and O–H groups in total. The molecule has 0 atom stereocenters. The third-order valence-corrected chi connectivity index (χ3v) is 2.38. The number of H-pyrrole nitrogens is 1. The lowest BCUT2D eigenvalue weighted by molar-refractivity contribution is 0.102. The van der Waals surface area contributed by atoms with Crippen LogP contribution in [0.3, 0.4) is 0 Å². The number of aryl methyl sites for hydroxylation is 1. The average molecular weight is 245 g/mol. The molecule has 1 aromatic carbocycles. The Kier molecular flexibility index (Phi) is 3.62. The Morgan fingerprint density at radius 3 is 2.67 bits per heavy atom. The first-order valence-corrected chi connectivity index (χ1v) is 5.75. The minimum absolute atomic E-state index is 0.190. The molecule has 1 amide bonds. The largest absolute Gasteiger partial charge is 0.494 e. The van der Waals surface area contributed by atoms with Crippen LogP contribution in [0, 0.1) is 6.92 Å². The van der Waals surface area contributed by atoms with Gasteiger partial charge in [-0.15, -0.1) is 0 Å². The quantitative estimate of drug-likeness (QED) is 0.869. The first-order valence-electron chi connectivity index (χ1n) is 5.75. The van der Waals surface area contributed by atoms with Crippen molar-refractivity contribution in [3.05, 3.63) is 41.6 Å². The molecule has 0 aliphatic rings. The van der Waals surface area contributed by atoms with Gasteiger partial charge in [0.05, 0.1) is 6.61 Å². The summed E-state index contributed by atoms with van der Waals surface area (Å²) in [5.74, 6) is 1.08. The molecule has 0 spiro atoms. The SMILES string of the molecule is CCOc1ccc(C(=O)Nc2cc(C)[nH]n2)cc1. The van der Waals surface area contributed by atoms with Crippen LogP contribution in [0.1, 0.15) is 23.0 Å². The van der Waals surface area contributed by atoms with E-state index in [9.17, 15) is 4.79 Å². The van der Waals surface area contributed by atoms with Crippen LogP contribution in [0.15, 0.2) is 30.3 Å². The Bertz CT molecular complexity index is 531. The van der Waals surface area contributed by atoms with Gasteiger partial charge in [-0.25, -0.2) is 0 Å². The highest BCUT2D eigenvalue weighted by molar-refractivity contribution is 6.03. The van der Waals surface area contributed by atoms with Gasteiger partial charge in [0.2, 0.25) is 0 Å². The van der Waals surface area contributed by atoms with Crippen LogP contribution in [0.4, 0.5) is 5.82 Å². The summed E-state index contributed by atoms with van der Waals surface area (Å²) in [6.45, 7) is 4.40. The van der Waals surface area contributed by atoms with Crippen molar-refractivity contribution in [2.75, 3.05) is 11.9 Å². The monoisotopic (exact) mass is 245 g/mol. The van der Waals surface area contributed by atoms with Gasteiger partial charge in [0.1, 0.15) is 5.75 Å². The third kappa shape index (κ3) is 2.88. The molecule has 94 valence electrons. The lowest BCUT2D eigenvalue weighted by Crippen LogP contribution is -2.12. The predicted octanol–water partition coefficient (Wildman–Crippen LogP) is 2.37. The second kappa shape index (κ2) is 5.35. The van der Waals surface area contributed by atoms with Gasteiger partial charge in [-0.1, -0.05) is 0 Å². The van der Waals surface area contributed by atoms with Crippen molar-refractivity contribution in [2.24, 2.45) is 0 Å². The average Bonchev–Trinajstić information content (AvgIpc) is 2.76. The fourth-order valence-corrected chi connectivity index (χ4v) is 1.54. The molecule has 1 heterocycles. The Morgan fingerprint density at radius 1 is 1.39 bits per heavy atom. The molecule has 0 saturated heterocycles. The van der Waals surface area contributed by atoms with Crippen molar-refractivity contribution in [1.29, 1.82) is 0 Å². The molecule has 0 radical (unpaired) electrons. The second-order valence-electron chi connectivity index (χ2n) is 3.85. The fraction of sp³-hybridized carbons (Fsp3) is 0.231. The number of carbonyl (C=O) groups is 1. The van der Waals surface area contributed by atoms with E-state index in [1.807, 2.05) is 13.8 Å². The van der Waals surface area contributed by atoms with Crippen LogP contribution in [0.25, 0.3) is 0 Å². The summed E-state index contributed by atoms with van der Waals surface area (Å²) >= 11 is 0. The number of hydrogen-bond donors (Lipinski definition) is 2. The van der Waals surface area contributed by atoms with E-state index in [0.717, 1.165) is 11.4 Å². The summed E-state index contributed by atoms with van der Waals surface area (Å²) in [7, 11) is 0. The molecule has 0 bridgehead atoms. The Balaban J connectivity index is 2.04. The van der Waals surface area contributed by atoms with Gasteiger partial charge in [-0.2, -0.15) is 5.10 Å². The second-order valence-corrected chi connectivity index (χ2v) is 3.85. The van der Waals surface area contributed by atoms with Crippen LogP contribution >= 0.6 is 0 Å². The van der Waals surface area contributed by atoms with Gasteiger partial charge in [0.25, 0.3) is 5.91 Å². The lowest BCUT2D eigenvalue weighted by atomic mass is 10.2. The highest BCUT2D eigenvalue weighted by atomic mass is 16.5. The minimum atomic E-state index is -0.190. The normalized spacial score (nSPS) is 10.1. The summed E-state index contributed by atoms with van der Waals surface area (Å²) in [4.78, 5) is 11.9. The summed E-state index contributed by atoms with van der Waals surface area (Å²) in [5.41, 5.74) is 1.47. The Labute approximate surface area is 105 Å². The smallest absolute Gasteiger partial charge is 0.256 e. The van der Waals surface area contributed by atoms with E-state index in [1.165, 1.54) is 0 Å². The zero-order valence-electron chi connectivity index (χ0n) is 10.4. The van der Waals surface area contributed by atoms with Crippen LogP contribution < -0.4 is 10.1 Å². The van der Waals surface area contributed by atoms with Crippen LogP contribution in [0.2, 0.25) is 0 Å². The van der Waals surface area contributed by atoms with Crippen molar-refractivity contribution in [1.82, 2.24) is 10.2 Å². The molecule has 5 nitrogen and oxygen atoms in total. The number of carbonyl (C=O) groups excluding carboxylic acids is 1. The molecule has 5 heteroatoms. The molecular weight excluding hydrogens is 230 g/mol. The highest BCUT2D eigenvalue weighted by Gasteiger charge is 2.07. The van der Waals surface area contributed by atoms with Gasteiger partial charge in [-0.05, 0) is 38.1 Å². The van der Waals surface area contributed by atoms with Crippen LogP contribution in [-0.4, -0.2) is 22.7 Å². The summed E-state index contributed by atoms with van der Waals surface area (Å²) in [5, 5.41) is 9.42. The van der Waals surface area contributed by atoms with Crippen molar-refractivity contribution in [2.45, 2.75) is 13.8 Å². The van der Waals surface area contributed by atoms with E-state index >= 15 is 0 Å². The molecular formula is C13H15N3O2. The standard InChI is InChI=1S/C13H15N3O2/c1-3-18-11-6-4-10(5-7-11)13(17)14-12-8-9(2)15-16-12/h4-8H,3H2,1-2H3,(H2,14,15,16,17). The number of ether oxygens (including phenoxy) is 1. The summed E-state index contributed by atoms with van der Waals surface area (Å²) in [6.07, 6.45) is 0. The van der Waals surface area contributed by atoms with Crippen molar-refractivity contribution in [3.8, 4) is 5.75 Å². The van der Waals surface area contributed by atoms with Crippen molar-refractivity contribution < 1.29 is 9.53 Å². The van der Waals surface area contributed by atoms with Gasteiger partial charge in [0.15, 0.2) is 5.82 Å². The van der Waals surface area contributed by atoms with Gasteiger partial charge < -0.3 is 10.1 Å². The lowest BCUT2D eigenvalue weighted by Gasteiger charge is -2.04. The number of nitrogens with one attached hydrogen (secondary N) is 2. The molecule has 0 aliphatic carbocycles. The first kappa shape index (κ1) is 12.2. The number of anilines is 1. The van der Waals surface area contributed by atoms with Gasteiger partial charge in [-0.3, -0.25) is 9.89 Å². The fourth-order valence-electron chi connectivity index (χ4n) is 1.54. The summed E-state index contributed by atoms with van der Waals surface area (Å²) < 4.78 is 5.31. The van der Waals surface area contributed by atoms with Crippen LogP contribution in [0.5, 0.6) is 5.75 Å². The number of benzene rings is 1. The summed E-state index contributed by atoms with van der Waals surface area (Å²) in [6, 6.07) is 8.76. The topological polar surface area (TPSA) is 67.0 Å². The molecule has 0 unspecified atom stereocenters. The molecule has 1 aromatic heterocycles. The number of amides is 1. The van der Waals surface area contributed by atoms with Gasteiger partial charge >= 0.3 is 0 Å². The third-order valence-electron chi connectivity index (χ3n) is 2.38. The number of aromatic nitrogens is 2. The first-order chi connectivity index (χ1) is 8.69. The molecule has 2 rings (SSSR count). The number of nitrogens with zero attached hydrogens (tertiary/aromatic N) is 1. The molecule has 18 heavy (non-hydrogen) atoms. The maximum Gasteiger partial charge on any atom is 0.256 e. The number of aromatic amines is 1. The Morgan fingerprint density at radius 2 is 2.11 bits per heavy atom. The predicted molar refractivity (Wildman–Crippen MR) is 68.9 cm³/mol. The zero-order valence-corrected chi connectivity index (χ0v) is 10.4. The van der Waals surface area contributed by atoms with E-state index in [4.69, 9.17) is 4.74 Å². The van der Waals surface area contributed by atoms with Crippen molar-refractivity contribution in [3.63, 3.8) is 0 Å². The van der Waals surface area contributed by atoms with Crippen molar-refractivity contribution >= 4 is 11.7 Å². The minimum Gasteiger partial charge on any atom is -0.494 e. The Hall–Kier alpha value is -2.30. The van der Waals surface area contributed by atoms with E-state index in [1.54, 1.807) is 30.3 Å². The van der Waals surface area contributed by atoms with E-state index in [-0.39, 0.29) is 5.91 Å². The zero-order chi connectivity index (χ0) is 13.0. The van der Waals surface area contributed by atoms with E-state index < -0.39 is 0 Å². The van der Waals surface area contributed by atoms with Gasteiger partial charge in [0, 0.05) is 17.3 Å². The molecule has 0 saturated carbocycles. The maximum atomic E-state index is 11.9. The number of rotatable bonds is 4. The van der Waals surface area contributed by atoms with E-state index in [2.05, 4.69) is 15.5 Å². The highest BCUT2D eigenvalue weighted by Crippen LogP contribution is 2.13. The van der Waals surface area contributed by atoms with Crippen LogP contribution in [-0.2, 0) is 0 Å². The molecule has 0 fully saturated rings. The van der Waals surface area contributed by atoms with E-state index in [0.29, 0.717) is 18.0 Å². The molecule has 2 aromatic rings.